The van der Waals surface area contributed by atoms with E-state index < -0.39 is 11.9 Å². The quantitative estimate of drug-likeness (QED) is 0.437. The highest BCUT2D eigenvalue weighted by atomic mass is 16.4. The molecule has 0 aliphatic rings. The summed E-state index contributed by atoms with van der Waals surface area (Å²) in [4.78, 5) is 45.9. The molecule has 0 radical (unpaired) electrons. The topological polar surface area (TPSA) is 115 Å². The fraction of sp³-hybridized carbons (Fsp3) is 0.667. The van der Waals surface area contributed by atoms with Crippen molar-refractivity contribution in [2.45, 2.75) is 13.3 Å². The summed E-state index contributed by atoms with van der Waals surface area (Å²) in [7, 11) is 0. The van der Waals surface area contributed by atoms with Gasteiger partial charge in [-0.1, -0.05) is 6.92 Å². The summed E-state index contributed by atoms with van der Waals surface area (Å²) in [6.07, 6.45) is 0.894. The smallest absolute Gasteiger partial charge is 0.317 e. The zero-order valence-electron chi connectivity index (χ0n) is 11.4. The summed E-state index contributed by atoms with van der Waals surface area (Å²) < 4.78 is 0. The molecule has 0 aliphatic heterocycles. The fourth-order valence-electron chi connectivity index (χ4n) is 1.58. The first-order valence-corrected chi connectivity index (χ1v) is 6.22. The maximum Gasteiger partial charge on any atom is 0.317 e. The van der Waals surface area contributed by atoms with Crippen LogP contribution in [0.5, 0.6) is 0 Å². The second kappa shape index (κ2) is 10.0. The van der Waals surface area contributed by atoms with Crippen LogP contribution in [0.2, 0.25) is 0 Å². The van der Waals surface area contributed by atoms with Crippen LogP contribution >= 0.6 is 0 Å². The van der Waals surface area contributed by atoms with Crippen LogP contribution in [0.25, 0.3) is 0 Å². The summed E-state index contributed by atoms with van der Waals surface area (Å²) in [5.41, 5.74) is 0. The van der Waals surface area contributed by atoms with E-state index in [1.807, 2.05) is 0 Å². The SMILES string of the molecule is CCC(=O)CN(CCN(CC=O)CC(=O)O)CC(=O)O. The monoisotopic (exact) mass is 288 g/mol. The lowest BCUT2D eigenvalue weighted by molar-refractivity contribution is -0.140. The minimum absolute atomic E-state index is 0.00476. The molecule has 0 aliphatic carbocycles. The molecule has 0 heterocycles. The molecule has 0 saturated carbocycles. The standard InChI is InChI=1S/C12H20N2O6/c1-2-10(16)7-14(9-12(19)20)4-3-13(5-6-15)8-11(17)18/h6H,2-5,7-9H2,1H3,(H,17,18)(H,19,20). The van der Waals surface area contributed by atoms with Gasteiger partial charge in [0.25, 0.3) is 0 Å². The minimum Gasteiger partial charge on any atom is -0.480 e. The minimum atomic E-state index is -1.07. The van der Waals surface area contributed by atoms with Crippen LogP contribution in [0.3, 0.4) is 0 Å². The van der Waals surface area contributed by atoms with Gasteiger partial charge < -0.3 is 15.0 Å². The van der Waals surface area contributed by atoms with Gasteiger partial charge in [0.05, 0.1) is 26.2 Å². The summed E-state index contributed by atoms with van der Waals surface area (Å²) in [6, 6.07) is 0. The molecule has 0 unspecified atom stereocenters. The first-order chi connectivity index (χ1) is 9.38. The third kappa shape index (κ3) is 9.17. The summed E-state index contributed by atoms with van der Waals surface area (Å²) >= 11 is 0. The summed E-state index contributed by atoms with van der Waals surface area (Å²) in [5.74, 6) is -2.22. The van der Waals surface area contributed by atoms with Crippen molar-refractivity contribution in [3.63, 3.8) is 0 Å². The highest BCUT2D eigenvalue weighted by Crippen LogP contribution is 1.95. The number of hydrogen-bond donors (Lipinski definition) is 2. The Morgan fingerprint density at radius 2 is 1.45 bits per heavy atom. The van der Waals surface area contributed by atoms with Gasteiger partial charge in [0.2, 0.25) is 0 Å². The van der Waals surface area contributed by atoms with Crippen molar-refractivity contribution in [1.82, 2.24) is 9.80 Å². The molecule has 8 nitrogen and oxygen atoms in total. The van der Waals surface area contributed by atoms with Gasteiger partial charge in [0.15, 0.2) is 0 Å². The van der Waals surface area contributed by atoms with Crippen LogP contribution in [0.1, 0.15) is 13.3 Å². The molecule has 114 valence electrons. The third-order valence-corrected chi connectivity index (χ3v) is 2.58. The molecule has 2 N–H and O–H groups in total. The average molecular weight is 288 g/mol. The van der Waals surface area contributed by atoms with E-state index in [4.69, 9.17) is 10.2 Å². The predicted octanol–water partition coefficient (Wildman–Crippen LogP) is -1.06. The summed E-state index contributed by atoms with van der Waals surface area (Å²) in [6.45, 7) is 1.45. The number of hydrogen-bond acceptors (Lipinski definition) is 6. The lowest BCUT2D eigenvalue weighted by Crippen LogP contribution is -2.42. The molecule has 0 saturated heterocycles. The third-order valence-electron chi connectivity index (χ3n) is 2.58. The zero-order valence-corrected chi connectivity index (χ0v) is 11.4. The van der Waals surface area contributed by atoms with E-state index in [-0.39, 0.29) is 45.1 Å². The van der Waals surface area contributed by atoms with Gasteiger partial charge in [0.1, 0.15) is 12.1 Å². The van der Waals surface area contributed by atoms with E-state index in [9.17, 15) is 19.2 Å². The van der Waals surface area contributed by atoms with Crippen molar-refractivity contribution >= 4 is 24.0 Å². The summed E-state index contributed by atoms with van der Waals surface area (Å²) in [5, 5.41) is 17.5. The number of carboxylic acids is 2. The van der Waals surface area contributed by atoms with Crippen LogP contribution in [0.4, 0.5) is 0 Å². The van der Waals surface area contributed by atoms with Crippen molar-refractivity contribution in [2.24, 2.45) is 0 Å². The van der Waals surface area contributed by atoms with Gasteiger partial charge >= 0.3 is 11.9 Å². The number of rotatable bonds is 12. The second-order valence-electron chi connectivity index (χ2n) is 4.29. The van der Waals surface area contributed by atoms with E-state index in [2.05, 4.69) is 0 Å². The lowest BCUT2D eigenvalue weighted by Gasteiger charge is -2.23. The number of Topliss-reactive ketones (excluding diaryl/α,β-unsaturated/α-hetero) is 1. The molecule has 0 amide bonds. The molecule has 0 rings (SSSR count). The zero-order chi connectivity index (χ0) is 15.5. The van der Waals surface area contributed by atoms with Gasteiger partial charge in [0, 0.05) is 19.5 Å². The fourth-order valence-corrected chi connectivity index (χ4v) is 1.58. The molecule has 0 aromatic carbocycles. The Hall–Kier alpha value is -1.80. The molecule has 0 aromatic heterocycles. The van der Waals surface area contributed by atoms with E-state index >= 15 is 0 Å². The van der Waals surface area contributed by atoms with Crippen LogP contribution < -0.4 is 0 Å². The van der Waals surface area contributed by atoms with Crippen molar-refractivity contribution in [1.29, 1.82) is 0 Å². The first-order valence-electron chi connectivity index (χ1n) is 6.22. The second-order valence-corrected chi connectivity index (χ2v) is 4.29. The van der Waals surface area contributed by atoms with E-state index in [1.54, 1.807) is 6.92 Å². The highest BCUT2D eigenvalue weighted by Gasteiger charge is 2.16. The maximum absolute atomic E-state index is 11.4. The number of carboxylic acid groups (broad SMARTS) is 2. The predicted molar refractivity (Wildman–Crippen MR) is 69.5 cm³/mol. The Bertz CT molecular complexity index is 358. The normalized spacial score (nSPS) is 10.8. The maximum atomic E-state index is 11.4. The molecule has 0 aromatic rings. The van der Waals surface area contributed by atoms with Gasteiger partial charge in [-0.25, -0.2) is 0 Å². The molecular formula is C12H20N2O6. The van der Waals surface area contributed by atoms with Crippen LogP contribution in [0, 0.1) is 0 Å². The van der Waals surface area contributed by atoms with Crippen molar-refractivity contribution in [3.8, 4) is 0 Å². The van der Waals surface area contributed by atoms with Crippen LogP contribution in [-0.2, 0) is 19.2 Å². The highest BCUT2D eigenvalue weighted by molar-refractivity contribution is 5.80. The molecule has 0 bridgehead atoms. The number of carbonyl (C=O) groups excluding carboxylic acids is 2. The Labute approximate surface area is 117 Å². The number of aliphatic carboxylic acids is 2. The molecule has 20 heavy (non-hydrogen) atoms. The van der Waals surface area contributed by atoms with E-state index in [1.165, 1.54) is 9.80 Å². The Kier molecular flexibility index (Phi) is 9.14. The molecule has 8 heteroatoms. The lowest BCUT2D eigenvalue weighted by atomic mass is 10.3. The van der Waals surface area contributed by atoms with Gasteiger partial charge in [-0.3, -0.25) is 24.2 Å². The first kappa shape index (κ1) is 18.2. The van der Waals surface area contributed by atoms with Crippen molar-refractivity contribution in [3.05, 3.63) is 0 Å². The largest absolute Gasteiger partial charge is 0.480 e. The van der Waals surface area contributed by atoms with Gasteiger partial charge in [-0.2, -0.15) is 0 Å². The average Bonchev–Trinajstić information content (AvgIpc) is 2.34. The number of carbonyl (C=O) groups is 4. The van der Waals surface area contributed by atoms with Crippen LogP contribution in [0.15, 0.2) is 0 Å². The molecule has 0 fully saturated rings. The molecule has 0 atom stereocenters. The van der Waals surface area contributed by atoms with Crippen molar-refractivity contribution in [2.75, 3.05) is 39.3 Å². The Morgan fingerprint density at radius 3 is 1.90 bits per heavy atom. The van der Waals surface area contributed by atoms with E-state index in [0.29, 0.717) is 12.7 Å². The van der Waals surface area contributed by atoms with Gasteiger partial charge in [-0.15, -0.1) is 0 Å². The Morgan fingerprint density at radius 1 is 0.950 bits per heavy atom. The van der Waals surface area contributed by atoms with Crippen molar-refractivity contribution < 1.29 is 29.4 Å². The number of nitrogens with zero attached hydrogens (tertiary/aromatic N) is 2. The molecule has 0 spiro atoms. The number of ketones is 1. The van der Waals surface area contributed by atoms with Gasteiger partial charge in [-0.05, 0) is 0 Å². The number of aldehydes is 1. The van der Waals surface area contributed by atoms with Crippen LogP contribution in [-0.4, -0.2) is 83.3 Å². The van der Waals surface area contributed by atoms with E-state index in [0.717, 1.165) is 0 Å². The molecular weight excluding hydrogens is 268 g/mol. The Balaban J connectivity index is 4.45.